The Labute approximate surface area is 147 Å². The van der Waals surface area contributed by atoms with Gasteiger partial charge in [0, 0.05) is 24.2 Å². The molecule has 3 rings (SSSR count). The Bertz CT molecular complexity index is 679. The molecule has 0 aliphatic carbocycles. The molecule has 0 spiro atoms. The van der Waals surface area contributed by atoms with Crippen molar-refractivity contribution >= 4 is 18.0 Å². The summed E-state index contributed by atoms with van der Waals surface area (Å²) in [6.45, 7) is 4.25. The first-order valence-electron chi connectivity index (χ1n) is 8.56. The van der Waals surface area contributed by atoms with E-state index in [2.05, 4.69) is 32.4 Å². The van der Waals surface area contributed by atoms with Gasteiger partial charge in [0.25, 0.3) is 0 Å². The van der Waals surface area contributed by atoms with Gasteiger partial charge >= 0.3 is 0 Å². The fourth-order valence-electron chi connectivity index (χ4n) is 3.39. The number of guanidine groups is 1. The zero-order valence-corrected chi connectivity index (χ0v) is 14.6. The molecule has 7 nitrogen and oxygen atoms in total. The monoisotopic (exact) mass is 348 g/mol. The maximum absolute atomic E-state index is 13.8. The summed E-state index contributed by atoms with van der Waals surface area (Å²) < 4.78 is 18.8. The number of nitrogens with zero attached hydrogens (tertiary/aromatic N) is 3. The van der Waals surface area contributed by atoms with Crippen molar-refractivity contribution in [3.8, 4) is 5.75 Å². The Morgan fingerprint density at radius 3 is 3.08 bits per heavy atom. The number of ether oxygens (including phenoxy) is 1. The third kappa shape index (κ3) is 4.08. The van der Waals surface area contributed by atoms with Crippen LogP contribution in [-0.2, 0) is 0 Å². The molecule has 0 aromatic heterocycles. The molecule has 8 heteroatoms. The van der Waals surface area contributed by atoms with Crippen LogP contribution in [0.3, 0.4) is 0 Å². The first kappa shape index (κ1) is 17.6. The molecule has 1 aromatic rings. The van der Waals surface area contributed by atoms with Gasteiger partial charge in [0.2, 0.25) is 11.7 Å². The molecule has 2 atom stereocenters. The quantitative estimate of drug-likeness (QED) is 0.754. The highest BCUT2D eigenvalue weighted by Gasteiger charge is 2.34. The number of aliphatic imine (C=N–C) groups is 2. The van der Waals surface area contributed by atoms with Gasteiger partial charge in [-0.25, -0.2) is 14.4 Å². The van der Waals surface area contributed by atoms with Crippen LogP contribution in [0.5, 0.6) is 5.75 Å². The molecule has 0 radical (unpaired) electrons. The van der Waals surface area contributed by atoms with Crippen LogP contribution < -0.4 is 21.1 Å². The molecule has 1 aromatic carbocycles. The van der Waals surface area contributed by atoms with Crippen molar-refractivity contribution in [2.24, 2.45) is 15.7 Å². The topological polar surface area (TPSA) is 87.3 Å². The van der Waals surface area contributed by atoms with Gasteiger partial charge < -0.3 is 20.3 Å². The van der Waals surface area contributed by atoms with Gasteiger partial charge in [-0.1, -0.05) is 6.92 Å². The van der Waals surface area contributed by atoms with Gasteiger partial charge in [-0.15, -0.1) is 0 Å². The minimum absolute atomic E-state index is 0.194. The van der Waals surface area contributed by atoms with E-state index in [4.69, 9.17) is 10.5 Å². The maximum atomic E-state index is 13.8. The molecule has 0 bridgehead atoms. The van der Waals surface area contributed by atoms with Crippen molar-refractivity contribution in [1.82, 2.24) is 10.2 Å². The molecule has 1 saturated heterocycles. The van der Waals surface area contributed by atoms with E-state index in [1.54, 1.807) is 18.5 Å². The lowest BCUT2D eigenvalue weighted by Crippen LogP contribution is -2.49. The SMILES string of the molecule is CCN1CCCC1CC1(N)N=CNC(Nc2ccc(OC)c(F)c2)=N1. The van der Waals surface area contributed by atoms with E-state index in [9.17, 15) is 4.39 Å². The van der Waals surface area contributed by atoms with E-state index in [1.165, 1.54) is 19.6 Å². The highest BCUT2D eigenvalue weighted by Crippen LogP contribution is 2.26. The molecule has 1 fully saturated rings. The van der Waals surface area contributed by atoms with Crippen LogP contribution in [0.2, 0.25) is 0 Å². The second-order valence-corrected chi connectivity index (χ2v) is 6.34. The zero-order valence-electron chi connectivity index (χ0n) is 14.6. The van der Waals surface area contributed by atoms with Crippen LogP contribution >= 0.6 is 0 Å². The van der Waals surface area contributed by atoms with Crippen LogP contribution in [0.25, 0.3) is 0 Å². The predicted octanol–water partition coefficient (Wildman–Crippen LogP) is 1.72. The minimum atomic E-state index is -1.01. The number of hydrogen-bond acceptors (Lipinski definition) is 7. The van der Waals surface area contributed by atoms with Gasteiger partial charge in [0.1, 0.15) is 0 Å². The van der Waals surface area contributed by atoms with Gasteiger partial charge in [-0.05, 0) is 38.1 Å². The summed E-state index contributed by atoms with van der Waals surface area (Å²) in [5, 5.41) is 5.96. The number of nitrogens with two attached hydrogens (primary N) is 1. The lowest BCUT2D eigenvalue weighted by molar-refractivity contribution is 0.217. The van der Waals surface area contributed by atoms with Gasteiger partial charge in [0.05, 0.1) is 13.4 Å². The maximum Gasteiger partial charge on any atom is 0.208 e. The normalized spacial score (nSPS) is 26.2. The number of nitrogens with one attached hydrogen (secondary N) is 2. The Morgan fingerprint density at radius 2 is 2.36 bits per heavy atom. The fraction of sp³-hybridized carbons (Fsp3) is 0.529. The number of halogens is 1. The van der Waals surface area contributed by atoms with Crippen molar-refractivity contribution in [2.75, 3.05) is 25.5 Å². The Hall–Kier alpha value is -2.19. The second kappa shape index (κ2) is 7.37. The van der Waals surface area contributed by atoms with E-state index in [0.717, 1.165) is 19.5 Å². The summed E-state index contributed by atoms with van der Waals surface area (Å²) in [5.41, 5.74) is 6.94. The van der Waals surface area contributed by atoms with Crippen molar-refractivity contribution < 1.29 is 9.13 Å². The molecule has 0 saturated carbocycles. The number of benzene rings is 1. The van der Waals surface area contributed by atoms with Crippen LogP contribution in [0, 0.1) is 5.82 Å². The molecule has 2 heterocycles. The van der Waals surface area contributed by atoms with Crippen molar-refractivity contribution in [3.63, 3.8) is 0 Å². The second-order valence-electron chi connectivity index (χ2n) is 6.34. The summed E-state index contributed by atoms with van der Waals surface area (Å²) in [6.07, 6.45) is 4.48. The summed E-state index contributed by atoms with van der Waals surface area (Å²) in [6, 6.07) is 5.01. The fourth-order valence-corrected chi connectivity index (χ4v) is 3.39. The summed E-state index contributed by atoms with van der Waals surface area (Å²) in [4.78, 5) is 11.2. The molecule has 2 aliphatic heterocycles. The predicted molar refractivity (Wildman–Crippen MR) is 97.4 cm³/mol. The van der Waals surface area contributed by atoms with Gasteiger partial charge in [0.15, 0.2) is 11.6 Å². The average molecular weight is 348 g/mol. The summed E-state index contributed by atoms with van der Waals surface area (Å²) >= 11 is 0. The molecule has 25 heavy (non-hydrogen) atoms. The van der Waals surface area contributed by atoms with Gasteiger partial charge in [-0.2, -0.15) is 0 Å². The van der Waals surface area contributed by atoms with Crippen molar-refractivity contribution in [1.29, 1.82) is 0 Å². The van der Waals surface area contributed by atoms with Crippen LogP contribution in [0.15, 0.2) is 28.2 Å². The zero-order chi connectivity index (χ0) is 17.9. The van der Waals surface area contributed by atoms with E-state index >= 15 is 0 Å². The number of likely N-dealkylation sites (tertiary alicyclic amines) is 1. The third-order valence-corrected chi connectivity index (χ3v) is 4.65. The number of hydrogen-bond donors (Lipinski definition) is 3. The van der Waals surface area contributed by atoms with Gasteiger partial charge in [-0.3, -0.25) is 5.73 Å². The molecular formula is C17H25FN6O. The minimum Gasteiger partial charge on any atom is -0.494 e. The molecule has 2 unspecified atom stereocenters. The highest BCUT2D eigenvalue weighted by atomic mass is 19.1. The first-order chi connectivity index (χ1) is 12.0. The highest BCUT2D eigenvalue weighted by molar-refractivity contribution is 6.01. The lowest BCUT2D eigenvalue weighted by Gasteiger charge is -2.31. The van der Waals surface area contributed by atoms with E-state index in [0.29, 0.717) is 24.1 Å². The molecule has 4 N–H and O–H groups in total. The number of methoxy groups -OCH3 is 1. The largest absolute Gasteiger partial charge is 0.494 e. The van der Waals surface area contributed by atoms with Crippen molar-refractivity contribution in [3.05, 3.63) is 24.0 Å². The molecular weight excluding hydrogens is 323 g/mol. The Kier molecular flexibility index (Phi) is 5.19. The molecule has 2 aliphatic rings. The number of anilines is 1. The average Bonchev–Trinajstić information content (AvgIpc) is 3.01. The number of rotatable bonds is 5. The van der Waals surface area contributed by atoms with E-state index < -0.39 is 11.6 Å². The Morgan fingerprint density at radius 1 is 1.52 bits per heavy atom. The van der Waals surface area contributed by atoms with Crippen LogP contribution in [0.4, 0.5) is 10.1 Å². The summed E-state index contributed by atoms with van der Waals surface area (Å²) in [7, 11) is 1.43. The van der Waals surface area contributed by atoms with Crippen LogP contribution in [0.1, 0.15) is 26.2 Å². The molecule has 0 amide bonds. The lowest BCUT2D eigenvalue weighted by atomic mass is 10.1. The summed E-state index contributed by atoms with van der Waals surface area (Å²) in [5.74, 6) is -0.815. The van der Waals surface area contributed by atoms with Crippen LogP contribution in [-0.4, -0.2) is 49.2 Å². The Balaban J connectivity index is 1.71. The van der Waals surface area contributed by atoms with Crippen molar-refractivity contribution in [2.45, 2.75) is 38.0 Å². The van der Waals surface area contributed by atoms with E-state index in [1.807, 2.05) is 0 Å². The molecule has 136 valence electrons. The smallest absolute Gasteiger partial charge is 0.208 e. The van der Waals surface area contributed by atoms with E-state index in [-0.39, 0.29) is 5.75 Å². The third-order valence-electron chi connectivity index (χ3n) is 4.65. The standard InChI is InChI=1S/C17H25FN6O/c1-3-24-8-4-5-13(24)10-17(19)21-11-20-16(23-17)22-12-6-7-15(25-2)14(18)9-12/h6-7,9,11,13H,3-5,8,10,19H2,1-2H3,(H2,20,21,22,23). The first-order valence-corrected chi connectivity index (χ1v) is 8.56.